The number of rotatable bonds is 0. The maximum Gasteiger partial charge on any atom is 0.229 e. The molecule has 0 spiro atoms. The number of pyridine rings is 1. The molecule has 0 aromatic carbocycles. The zero-order chi connectivity index (χ0) is 8.67. The first kappa shape index (κ1) is 6.54. The zero-order valence-electron chi connectivity index (χ0n) is 6.64. The highest BCUT2D eigenvalue weighted by Gasteiger charge is 2.06. The quantitative estimate of drug-likeness (QED) is 0.517. The lowest BCUT2D eigenvalue weighted by molar-refractivity contribution is 0.652. The molecule has 0 saturated heterocycles. The highest BCUT2D eigenvalue weighted by Crippen LogP contribution is 2.23. The van der Waals surface area contributed by atoms with E-state index >= 15 is 0 Å². The van der Waals surface area contributed by atoms with Crippen LogP contribution in [0.2, 0.25) is 0 Å². The summed E-state index contributed by atoms with van der Waals surface area (Å²) in [5, 5.41) is 8.69. The monoisotopic (exact) mass is 171 g/mol. The van der Waals surface area contributed by atoms with Crippen LogP contribution in [0.5, 0.6) is 0 Å². The molecule has 3 aromatic heterocycles. The summed E-state index contributed by atoms with van der Waals surface area (Å²) in [5.74, 6) is 0. The van der Waals surface area contributed by atoms with Gasteiger partial charge in [-0.15, -0.1) is 5.10 Å². The van der Waals surface area contributed by atoms with Gasteiger partial charge in [-0.2, -0.15) is 5.10 Å². The van der Waals surface area contributed by atoms with Crippen molar-refractivity contribution in [2.24, 2.45) is 0 Å². The van der Waals surface area contributed by atoms with Crippen LogP contribution in [0.3, 0.4) is 0 Å². The molecule has 0 N–H and O–H groups in total. The van der Waals surface area contributed by atoms with E-state index in [0.717, 1.165) is 16.5 Å². The van der Waals surface area contributed by atoms with Gasteiger partial charge >= 0.3 is 0 Å². The highest BCUT2D eigenvalue weighted by atomic mass is 16.3. The van der Waals surface area contributed by atoms with Crippen LogP contribution in [0, 0.1) is 0 Å². The van der Waals surface area contributed by atoms with Crippen LogP contribution in [-0.4, -0.2) is 15.2 Å². The number of furan rings is 1. The van der Waals surface area contributed by atoms with Gasteiger partial charge in [0.25, 0.3) is 0 Å². The third kappa shape index (κ3) is 0.823. The second-order valence-electron chi connectivity index (χ2n) is 2.70. The first-order chi connectivity index (χ1) is 6.45. The Hall–Kier alpha value is -1.97. The van der Waals surface area contributed by atoms with Crippen molar-refractivity contribution in [3.63, 3.8) is 0 Å². The molecule has 0 unspecified atom stereocenters. The Morgan fingerprint density at radius 1 is 1.15 bits per heavy atom. The fourth-order valence-electron chi connectivity index (χ4n) is 1.35. The lowest BCUT2D eigenvalue weighted by Gasteiger charge is -1.83. The van der Waals surface area contributed by atoms with Crippen molar-refractivity contribution in [3.05, 3.63) is 30.6 Å². The molecule has 4 nitrogen and oxygen atoms in total. The lowest BCUT2D eigenvalue weighted by atomic mass is 10.3. The van der Waals surface area contributed by atoms with Gasteiger partial charge in [-0.05, 0) is 12.1 Å². The minimum absolute atomic E-state index is 0.609. The van der Waals surface area contributed by atoms with Crippen LogP contribution >= 0.6 is 0 Å². The van der Waals surface area contributed by atoms with Crippen molar-refractivity contribution in [2.75, 3.05) is 0 Å². The summed E-state index contributed by atoms with van der Waals surface area (Å²) in [6, 6.07) is 5.55. The van der Waals surface area contributed by atoms with E-state index in [9.17, 15) is 0 Å². The SMILES string of the molecule is c1cnc2oc3ccnnc3c2c1. The third-order valence-electron chi connectivity index (χ3n) is 1.92. The van der Waals surface area contributed by atoms with Gasteiger partial charge in [-0.25, -0.2) is 4.98 Å². The summed E-state index contributed by atoms with van der Waals surface area (Å²) in [6.45, 7) is 0. The van der Waals surface area contributed by atoms with Gasteiger partial charge in [-0.3, -0.25) is 0 Å². The predicted molar refractivity (Wildman–Crippen MR) is 47.1 cm³/mol. The molecular formula is C9H5N3O. The van der Waals surface area contributed by atoms with E-state index in [-0.39, 0.29) is 0 Å². The molecule has 4 heteroatoms. The van der Waals surface area contributed by atoms with Crippen molar-refractivity contribution in [2.45, 2.75) is 0 Å². The van der Waals surface area contributed by atoms with E-state index in [1.165, 1.54) is 0 Å². The molecule has 0 amide bonds. The van der Waals surface area contributed by atoms with Gasteiger partial charge in [0.1, 0.15) is 5.52 Å². The van der Waals surface area contributed by atoms with E-state index in [1.54, 1.807) is 18.5 Å². The van der Waals surface area contributed by atoms with Crippen molar-refractivity contribution in [1.82, 2.24) is 15.2 Å². The van der Waals surface area contributed by atoms with Crippen LogP contribution in [0.15, 0.2) is 35.0 Å². The van der Waals surface area contributed by atoms with E-state index in [0.29, 0.717) is 5.71 Å². The molecule has 0 bridgehead atoms. The summed E-state index contributed by atoms with van der Waals surface area (Å²) in [7, 11) is 0. The summed E-state index contributed by atoms with van der Waals surface area (Å²) in [5.41, 5.74) is 2.10. The Morgan fingerprint density at radius 2 is 2.15 bits per heavy atom. The predicted octanol–water partition coefficient (Wildman–Crippen LogP) is 1.77. The summed E-state index contributed by atoms with van der Waals surface area (Å²) < 4.78 is 5.44. The molecule has 62 valence electrons. The molecule has 0 aliphatic heterocycles. The highest BCUT2D eigenvalue weighted by molar-refractivity contribution is 6.00. The van der Waals surface area contributed by atoms with Gasteiger partial charge in [0, 0.05) is 12.3 Å². The maximum atomic E-state index is 5.44. The number of fused-ring (bicyclic) bond motifs is 3. The van der Waals surface area contributed by atoms with E-state index in [1.807, 2.05) is 12.1 Å². The van der Waals surface area contributed by atoms with Gasteiger partial charge in [0.2, 0.25) is 5.71 Å². The number of aromatic nitrogens is 3. The Balaban J connectivity index is 2.64. The van der Waals surface area contributed by atoms with Crippen LogP contribution in [-0.2, 0) is 0 Å². The fraction of sp³-hybridized carbons (Fsp3) is 0. The summed E-state index contributed by atoms with van der Waals surface area (Å²) >= 11 is 0. The van der Waals surface area contributed by atoms with E-state index < -0.39 is 0 Å². The third-order valence-corrected chi connectivity index (χ3v) is 1.92. The number of nitrogens with zero attached hydrogens (tertiary/aromatic N) is 3. The normalized spacial score (nSPS) is 11.1. The average Bonchev–Trinajstić information content (AvgIpc) is 2.56. The van der Waals surface area contributed by atoms with Gasteiger partial charge in [-0.1, -0.05) is 0 Å². The van der Waals surface area contributed by atoms with Crippen molar-refractivity contribution in [1.29, 1.82) is 0 Å². The zero-order valence-corrected chi connectivity index (χ0v) is 6.64. The maximum absolute atomic E-state index is 5.44. The molecular weight excluding hydrogens is 166 g/mol. The smallest absolute Gasteiger partial charge is 0.229 e. The summed E-state index contributed by atoms with van der Waals surface area (Å²) in [6.07, 6.45) is 3.29. The first-order valence-corrected chi connectivity index (χ1v) is 3.90. The van der Waals surface area contributed by atoms with Crippen molar-refractivity contribution in [3.8, 4) is 0 Å². The van der Waals surface area contributed by atoms with Gasteiger partial charge < -0.3 is 4.42 Å². The molecule has 3 aromatic rings. The molecule has 0 fully saturated rings. The molecule has 3 heterocycles. The molecule has 0 aliphatic rings. The standard InChI is InChI=1S/C9H5N3O/c1-2-6-8-7(3-5-11-12-8)13-9(6)10-4-1/h1-5H. The lowest BCUT2D eigenvalue weighted by Crippen LogP contribution is -1.77. The van der Waals surface area contributed by atoms with E-state index in [4.69, 9.17) is 4.42 Å². The molecule has 0 aliphatic carbocycles. The van der Waals surface area contributed by atoms with Crippen LogP contribution in [0.4, 0.5) is 0 Å². The van der Waals surface area contributed by atoms with Crippen LogP contribution < -0.4 is 0 Å². The minimum Gasteiger partial charge on any atom is -0.436 e. The summed E-state index contributed by atoms with van der Waals surface area (Å²) in [4.78, 5) is 4.08. The second-order valence-corrected chi connectivity index (χ2v) is 2.70. The van der Waals surface area contributed by atoms with E-state index in [2.05, 4.69) is 15.2 Å². The topological polar surface area (TPSA) is 51.8 Å². The molecule has 0 saturated carbocycles. The van der Waals surface area contributed by atoms with Crippen molar-refractivity contribution >= 4 is 22.2 Å². The van der Waals surface area contributed by atoms with Crippen LogP contribution in [0.1, 0.15) is 0 Å². The first-order valence-electron chi connectivity index (χ1n) is 3.90. The molecule has 3 rings (SSSR count). The van der Waals surface area contributed by atoms with Gasteiger partial charge in [0.05, 0.1) is 11.6 Å². The second kappa shape index (κ2) is 2.26. The van der Waals surface area contributed by atoms with Gasteiger partial charge in [0.15, 0.2) is 5.58 Å². The molecule has 0 radical (unpaired) electrons. The Bertz CT molecular complexity index is 523. The van der Waals surface area contributed by atoms with Crippen LogP contribution in [0.25, 0.3) is 22.2 Å². The van der Waals surface area contributed by atoms with Crippen molar-refractivity contribution < 1.29 is 4.42 Å². The molecule has 13 heavy (non-hydrogen) atoms. The Labute approximate surface area is 73.2 Å². The minimum atomic E-state index is 0.609. The fourth-order valence-corrected chi connectivity index (χ4v) is 1.35. The average molecular weight is 171 g/mol. The molecule has 0 atom stereocenters. The Morgan fingerprint density at radius 3 is 3.15 bits per heavy atom. The Kier molecular flexibility index (Phi) is 1.14. The number of hydrogen-bond donors (Lipinski definition) is 0. The largest absolute Gasteiger partial charge is 0.436 e. The number of hydrogen-bond acceptors (Lipinski definition) is 4.